The van der Waals surface area contributed by atoms with Gasteiger partial charge in [-0.2, -0.15) is 0 Å². The zero-order valence-corrected chi connectivity index (χ0v) is 8.72. The molecule has 0 radical (unpaired) electrons. The molecule has 0 saturated carbocycles. The van der Waals surface area contributed by atoms with Crippen molar-refractivity contribution in [2.45, 2.75) is 6.92 Å². The van der Waals surface area contributed by atoms with E-state index in [1.54, 1.807) is 0 Å². The molecule has 4 saturated heterocycles. The van der Waals surface area contributed by atoms with Gasteiger partial charge in [0.05, 0.1) is 40.0 Å². The van der Waals surface area contributed by atoms with Crippen molar-refractivity contribution in [2.24, 2.45) is 0 Å². The topological polar surface area (TPSA) is 65.0 Å². The van der Waals surface area contributed by atoms with Crippen LogP contribution in [-0.4, -0.2) is 65.9 Å². The van der Waals surface area contributed by atoms with Gasteiger partial charge in [0, 0.05) is 0 Å². The Morgan fingerprint density at radius 3 is 1.07 bits per heavy atom. The molecule has 4 heterocycles. The molecular weight excluding hydrogens is 182 g/mol. The van der Waals surface area contributed by atoms with E-state index >= 15 is 0 Å². The molecule has 0 spiro atoms. The van der Waals surface area contributed by atoms with Crippen molar-refractivity contribution in [1.29, 1.82) is 0 Å². The van der Waals surface area contributed by atoms with Crippen LogP contribution in [0.1, 0.15) is 6.92 Å². The lowest BCUT2D eigenvalue weighted by Gasteiger charge is -2.56. The van der Waals surface area contributed by atoms with E-state index in [0.717, 1.165) is 6.29 Å². The largest absolute Gasteiger partial charge is 0.344 e. The number of carbonyl (C=O) groups is 1. The molecule has 0 unspecified atom stereocenters. The quantitative estimate of drug-likeness (QED) is 0.525. The van der Waals surface area contributed by atoms with Crippen molar-refractivity contribution in [3.05, 3.63) is 0 Å². The Kier molecular flexibility index (Phi) is 3.97. The number of nitrogens with zero attached hydrogens (tertiary/aromatic N) is 4. The van der Waals surface area contributed by atoms with Crippen molar-refractivity contribution in [2.75, 3.05) is 40.0 Å². The highest BCUT2D eigenvalue weighted by Crippen LogP contribution is 2.20. The van der Waals surface area contributed by atoms with Gasteiger partial charge in [0.25, 0.3) is 0 Å². The minimum atomic E-state index is 0. The third-order valence-corrected chi connectivity index (χ3v) is 2.40. The van der Waals surface area contributed by atoms with E-state index < -0.39 is 0 Å². The molecule has 4 aliphatic rings. The van der Waals surface area contributed by atoms with E-state index in [9.17, 15) is 0 Å². The molecule has 0 aromatic rings. The fourth-order valence-electron chi connectivity index (χ4n) is 2.23. The van der Waals surface area contributed by atoms with E-state index in [1.807, 2.05) is 0 Å². The first-order valence-corrected chi connectivity index (χ1v) is 4.61. The van der Waals surface area contributed by atoms with Crippen molar-refractivity contribution in [1.82, 2.24) is 25.8 Å². The summed E-state index contributed by atoms with van der Waals surface area (Å²) in [6.45, 7) is 8.57. The average Bonchev–Trinajstić information content (AvgIpc) is 2.01. The Balaban J connectivity index is 0.000000223. The van der Waals surface area contributed by atoms with Gasteiger partial charge in [-0.15, -0.1) is 0 Å². The lowest BCUT2D eigenvalue weighted by Crippen LogP contribution is -2.71. The predicted octanol–water partition coefficient (Wildman–Crippen LogP) is -0.653. The number of aldehydes is 1. The highest BCUT2D eigenvalue weighted by Gasteiger charge is 2.36. The van der Waals surface area contributed by atoms with E-state index in [2.05, 4.69) is 19.6 Å². The Labute approximate surface area is 84.6 Å². The lowest BCUT2D eigenvalue weighted by atomic mass is 10.4. The summed E-state index contributed by atoms with van der Waals surface area (Å²) >= 11 is 0. The molecule has 6 nitrogen and oxygen atoms in total. The van der Waals surface area contributed by atoms with Gasteiger partial charge >= 0.3 is 0 Å². The van der Waals surface area contributed by atoms with Crippen LogP contribution in [0, 0.1) is 0 Å². The summed E-state index contributed by atoms with van der Waals surface area (Å²) in [6, 6.07) is 0. The van der Waals surface area contributed by atoms with Gasteiger partial charge in [0.1, 0.15) is 6.29 Å². The van der Waals surface area contributed by atoms with Gasteiger partial charge < -0.3 is 10.9 Å². The molecule has 0 amide bonds. The molecule has 0 aromatic heterocycles. The highest BCUT2D eigenvalue weighted by atomic mass is 16.1. The van der Waals surface area contributed by atoms with E-state index in [4.69, 9.17) is 4.79 Å². The van der Waals surface area contributed by atoms with Gasteiger partial charge in [-0.1, -0.05) is 0 Å². The number of hydrogen-bond donors (Lipinski definition) is 1. The Bertz CT molecular complexity index is 142. The highest BCUT2D eigenvalue weighted by molar-refractivity contribution is 5.44. The normalized spacial score (nSPS) is 42.1. The second-order valence-corrected chi connectivity index (χ2v) is 3.77. The molecule has 6 heteroatoms. The lowest BCUT2D eigenvalue weighted by molar-refractivity contribution is -0.194. The number of carbonyl (C=O) groups excluding carboxylic acids is 1. The predicted molar refractivity (Wildman–Crippen MR) is 53.3 cm³/mol. The summed E-state index contributed by atoms with van der Waals surface area (Å²) in [5, 5.41) is 0. The smallest absolute Gasteiger partial charge is 0.116 e. The van der Waals surface area contributed by atoms with Crippen LogP contribution in [0.2, 0.25) is 0 Å². The summed E-state index contributed by atoms with van der Waals surface area (Å²) in [5.41, 5.74) is 0. The molecule has 0 atom stereocenters. The molecule has 3 N–H and O–H groups in total. The van der Waals surface area contributed by atoms with Gasteiger partial charge in [-0.25, -0.2) is 0 Å². The molecule has 14 heavy (non-hydrogen) atoms. The number of hydrogen-bond acceptors (Lipinski definition) is 6. The molecule has 4 rings (SSSR count). The van der Waals surface area contributed by atoms with Crippen LogP contribution in [0.5, 0.6) is 0 Å². The summed E-state index contributed by atoms with van der Waals surface area (Å²) in [7, 11) is 0. The van der Waals surface area contributed by atoms with E-state index in [0.29, 0.717) is 0 Å². The first-order valence-electron chi connectivity index (χ1n) is 4.61. The van der Waals surface area contributed by atoms with Crippen LogP contribution >= 0.6 is 0 Å². The van der Waals surface area contributed by atoms with Crippen LogP contribution in [0.15, 0.2) is 0 Å². The molecular formula is C8H19N5O. The van der Waals surface area contributed by atoms with Crippen molar-refractivity contribution in [3.63, 3.8) is 0 Å². The molecule has 4 fully saturated rings. The standard InChI is InChI=1S/C6H12N4.C2H4O.H3N/c1-7-2-9-4-8(1)5-10(3-7)6-9;1-2-3;/h1-6H2;2H,1H3;1H3. The maximum absolute atomic E-state index is 8.81. The van der Waals surface area contributed by atoms with Gasteiger partial charge in [-0.3, -0.25) is 19.6 Å². The minimum absolute atomic E-state index is 0. The summed E-state index contributed by atoms with van der Waals surface area (Å²) in [5.74, 6) is 0. The molecule has 82 valence electrons. The van der Waals surface area contributed by atoms with Crippen LogP contribution in [-0.2, 0) is 4.79 Å². The SMILES string of the molecule is C1N2CN3CN1CN(C2)C3.CC=O.N. The Morgan fingerprint density at radius 2 is 0.929 bits per heavy atom. The average molecular weight is 201 g/mol. The van der Waals surface area contributed by atoms with Crippen LogP contribution in [0.4, 0.5) is 0 Å². The summed E-state index contributed by atoms with van der Waals surface area (Å²) < 4.78 is 0. The van der Waals surface area contributed by atoms with E-state index in [1.165, 1.54) is 46.9 Å². The molecule has 0 aromatic carbocycles. The van der Waals surface area contributed by atoms with Gasteiger partial charge in [-0.05, 0) is 6.92 Å². The van der Waals surface area contributed by atoms with Gasteiger partial charge in [0.2, 0.25) is 0 Å². The zero-order valence-electron chi connectivity index (χ0n) is 8.72. The van der Waals surface area contributed by atoms with Crippen LogP contribution in [0.3, 0.4) is 0 Å². The first-order chi connectivity index (χ1) is 6.31. The third-order valence-electron chi connectivity index (χ3n) is 2.40. The Morgan fingerprint density at radius 1 is 0.786 bits per heavy atom. The molecule has 0 aliphatic carbocycles. The summed E-state index contributed by atoms with van der Waals surface area (Å²) in [6.07, 6.45) is 0.750. The zero-order chi connectivity index (χ0) is 9.26. The van der Waals surface area contributed by atoms with Crippen LogP contribution < -0.4 is 6.15 Å². The van der Waals surface area contributed by atoms with E-state index in [-0.39, 0.29) is 6.15 Å². The Hall–Kier alpha value is -0.530. The maximum Gasteiger partial charge on any atom is 0.116 e. The maximum atomic E-state index is 8.81. The number of rotatable bonds is 0. The van der Waals surface area contributed by atoms with Crippen molar-refractivity contribution < 1.29 is 4.79 Å². The monoisotopic (exact) mass is 201 g/mol. The third kappa shape index (κ3) is 2.28. The first kappa shape index (κ1) is 11.5. The fourth-order valence-corrected chi connectivity index (χ4v) is 2.23. The molecule has 4 aliphatic heterocycles. The fraction of sp³-hybridized carbons (Fsp3) is 0.875. The van der Waals surface area contributed by atoms with Crippen molar-refractivity contribution >= 4 is 6.29 Å². The minimum Gasteiger partial charge on any atom is -0.344 e. The second kappa shape index (κ2) is 4.81. The van der Waals surface area contributed by atoms with Gasteiger partial charge in [0.15, 0.2) is 0 Å². The summed E-state index contributed by atoms with van der Waals surface area (Å²) in [4.78, 5) is 18.7. The molecule has 4 bridgehead atoms. The van der Waals surface area contributed by atoms with Crippen molar-refractivity contribution in [3.8, 4) is 0 Å². The van der Waals surface area contributed by atoms with Crippen LogP contribution in [0.25, 0.3) is 0 Å². The second-order valence-electron chi connectivity index (χ2n) is 3.77.